The maximum absolute atomic E-state index is 3.65. The van der Waals surface area contributed by atoms with Gasteiger partial charge in [-0.2, -0.15) is 0 Å². The Labute approximate surface area is 118 Å². The Bertz CT molecular complexity index is 391. The van der Waals surface area contributed by atoms with Crippen molar-refractivity contribution in [2.24, 2.45) is 5.92 Å². The van der Waals surface area contributed by atoms with Gasteiger partial charge in [0.1, 0.15) is 0 Å². The molecule has 0 aliphatic heterocycles. The maximum atomic E-state index is 3.65. The molecule has 0 saturated carbocycles. The van der Waals surface area contributed by atoms with E-state index in [1.807, 2.05) is 0 Å². The van der Waals surface area contributed by atoms with E-state index in [4.69, 9.17) is 0 Å². The van der Waals surface area contributed by atoms with Gasteiger partial charge >= 0.3 is 0 Å². The van der Waals surface area contributed by atoms with Gasteiger partial charge in [0.05, 0.1) is 0 Å². The van der Waals surface area contributed by atoms with Gasteiger partial charge in [0.15, 0.2) is 0 Å². The van der Waals surface area contributed by atoms with Crippen molar-refractivity contribution in [1.82, 2.24) is 5.32 Å². The third-order valence-corrected chi connectivity index (χ3v) is 4.15. The zero-order valence-corrected chi connectivity index (χ0v) is 12.4. The molecule has 104 valence electrons. The minimum absolute atomic E-state index is 0.624. The molecule has 1 aromatic carbocycles. The number of hydrogen-bond acceptors (Lipinski definition) is 1. The summed E-state index contributed by atoms with van der Waals surface area (Å²) in [7, 11) is 0. The maximum Gasteiger partial charge on any atom is 0.00227 e. The lowest BCUT2D eigenvalue weighted by atomic mass is 9.88. The smallest absolute Gasteiger partial charge is 0.00227 e. The zero-order valence-electron chi connectivity index (χ0n) is 12.4. The van der Waals surface area contributed by atoms with Gasteiger partial charge in [-0.25, -0.2) is 0 Å². The minimum atomic E-state index is 0.624. The Morgan fingerprint density at radius 1 is 1.16 bits per heavy atom. The summed E-state index contributed by atoms with van der Waals surface area (Å²) >= 11 is 0. The topological polar surface area (TPSA) is 12.0 Å². The number of benzene rings is 1. The number of hydrogen-bond donors (Lipinski definition) is 1. The molecule has 0 bridgehead atoms. The molecular formula is C18H27N. The Balaban J connectivity index is 1.78. The predicted molar refractivity (Wildman–Crippen MR) is 83.4 cm³/mol. The summed E-state index contributed by atoms with van der Waals surface area (Å²) in [6.45, 7) is 6.86. The fraction of sp³-hybridized carbons (Fsp3) is 0.556. The number of allylic oxidation sites excluding steroid dienone is 1. The van der Waals surface area contributed by atoms with Crippen molar-refractivity contribution in [1.29, 1.82) is 0 Å². The van der Waals surface area contributed by atoms with Crippen LogP contribution in [0.25, 0.3) is 0 Å². The molecular weight excluding hydrogens is 230 g/mol. The summed E-state index contributed by atoms with van der Waals surface area (Å²) in [5.41, 5.74) is 3.12. The summed E-state index contributed by atoms with van der Waals surface area (Å²) in [5.74, 6) is 1.30. The third-order valence-electron chi connectivity index (χ3n) is 4.15. The SMILES string of the molecule is CC(C)C(CNCCC1=CCCC1)c1ccccc1. The van der Waals surface area contributed by atoms with Gasteiger partial charge in [-0.15, -0.1) is 0 Å². The van der Waals surface area contributed by atoms with E-state index in [0.717, 1.165) is 13.1 Å². The Morgan fingerprint density at radius 3 is 2.58 bits per heavy atom. The van der Waals surface area contributed by atoms with Crippen molar-refractivity contribution >= 4 is 0 Å². The van der Waals surface area contributed by atoms with Crippen LogP contribution in [0.4, 0.5) is 0 Å². The van der Waals surface area contributed by atoms with Crippen molar-refractivity contribution in [3.63, 3.8) is 0 Å². The largest absolute Gasteiger partial charge is 0.316 e. The molecule has 0 aromatic heterocycles. The van der Waals surface area contributed by atoms with Crippen molar-refractivity contribution < 1.29 is 0 Å². The predicted octanol–water partition coefficient (Wildman–Crippen LogP) is 4.52. The van der Waals surface area contributed by atoms with Crippen LogP contribution in [0.1, 0.15) is 51.0 Å². The van der Waals surface area contributed by atoms with Gasteiger partial charge in [-0.3, -0.25) is 0 Å². The second kappa shape index (κ2) is 7.49. The van der Waals surface area contributed by atoms with Crippen LogP contribution in [0.2, 0.25) is 0 Å². The normalized spacial score (nSPS) is 16.7. The van der Waals surface area contributed by atoms with Gasteiger partial charge in [-0.1, -0.05) is 55.8 Å². The van der Waals surface area contributed by atoms with Crippen LogP contribution in [0, 0.1) is 5.92 Å². The summed E-state index contributed by atoms with van der Waals surface area (Å²) in [6, 6.07) is 10.9. The third kappa shape index (κ3) is 4.50. The average Bonchev–Trinajstić information content (AvgIpc) is 2.92. The second-order valence-corrected chi connectivity index (χ2v) is 5.97. The number of rotatable bonds is 7. The van der Waals surface area contributed by atoms with E-state index in [1.165, 1.54) is 31.2 Å². The van der Waals surface area contributed by atoms with Crippen LogP contribution in [-0.4, -0.2) is 13.1 Å². The van der Waals surface area contributed by atoms with Crippen molar-refractivity contribution in [2.75, 3.05) is 13.1 Å². The van der Waals surface area contributed by atoms with E-state index >= 15 is 0 Å². The Hall–Kier alpha value is -1.08. The van der Waals surface area contributed by atoms with E-state index in [1.54, 1.807) is 5.57 Å². The van der Waals surface area contributed by atoms with E-state index < -0.39 is 0 Å². The molecule has 0 amide bonds. The monoisotopic (exact) mass is 257 g/mol. The highest BCUT2D eigenvalue weighted by Gasteiger charge is 2.15. The molecule has 1 aliphatic rings. The van der Waals surface area contributed by atoms with Crippen LogP contribution in [0.3, 0.4) is 0 Å². The van der Waals surface area contributed by atoms with Gasteiger partial charge < -0.3 is 5.32 Å². The zero-order chi connectivity index (χ0) is 13.5. The lowest BCUT2D eigenvalue weighted by Crippen LogP contribution is -2.25. The standard InChI is InChI=1S/C18H27N/c1-15(2)18(17-10-4-3-5-11-17)14-19-13-12-16-8-6-7-9-16/h3-5,8,10-11,15,18-19H,6-7,9,12-14H2,1-2H3. The summed E-state index contributed by atoms with van der Waals surface area (Å²) in [5, 5.41) is 3.65. The molecule has 0 heterocycles. The van der Waals surface area contributed by atoms with Crippen LogP contribution >= 0.6 is 0 Å². The average molecular weight is 257 g/mol. The quantitative estimate of drug-likeness (QED) is 0.559. The molecule has 1 N–H and O–H groups in total. The molecule has 0 saturated heterocycles. The first-order chi connectivity index (χ1) is 9.27. The molecule has 1 atom stereocenters. The van der Waals surface area contributed by atoms with E-state index in [-0.39, 0.29) is 0 Å². The van der Waals surface area contributed by atoms with E-state index in [9.17, 15) is 0 Å². The molecule has 0 spiro atoms. The molecule has 19 heavy (non-hydrogen) atoms. The van der Waals surface area contributed by atoms with Gasteiger partial charge in [0, 0.05) is 6.54 Å². The molecule has 2 rings (SSSR count). The van der Waals surface area contributed by atoms with Crippen molar-refractivity contribution in [2.45, 2.75) is 45.4 Å². The Morgan fingerprint density at radius 2 is 1.95 bits per heavy atom. The fourth-order valence-corrected chi connectivity index (χ4v) is 2.91. The van der Waals surface area contributed by atoms with Gasteiger partial charge in [-0.05, 0) is 49.6 Å². The van der Waals surface area contributed by atoms with Crippen LogP contribution in [0.5, 0.6) is 0 Å². The van der Waals surface area contributed by atoms with Crippen LogP contribution < -0.4 is 5.32 Å². The molecule has 1 unspecified atom stereocenters. The number of nitrogens with one attached hydrogen (secondary N) is 1. The second-order valence-electron chi connectivity index (χ2n) is 5.97. The van der Waals surface area contributed by atoms with E-state index in [0.29, 0.717) is 11.8 Å². The lowest BCUT2D eigenvalue weighted by molar-refractivity contribution is 0.463. The van der Waals surface area contributed by atoms with Crippen molar-refractivity contribution in [3.05, 3.63) is 47.5 Å². The Kier molecular flexibility index (Phi) is 5.65. The van der Waals surface area contributed by atoms with Gasteiger partial charge in [0.25, 0.3) is 0 Å². The summed E-state index contributed by atoms with van der Waals surface area (Å²) in [6.07, 6.45) is 7.66. The lowest BCUT2D eigenvalue weighted by Gasteiger charge is -2.22. The highest BCUT2D eigenvalue weighted by atomic mass is 14.9. The van der Waals surface area contributed by atoms with Crippen LogP contribution in [0.15, 0.2) is 42.0 Å². The summed E-state index contributed by atoms with van der Waals surface area (Å²) in [4.78, 5) is 0. The first-order valence-corrected chi connectivity index (χ1v) is 7.71. The molecule has 0 fully saturated rings. The molecule has 1 nitrogen and oxygen atoms in total. The first kappa shape index (κ1) is 14.3. The van der Waals surface area contributed by atoms with E-state index in [2.05, 4.69) is 55.6 Å². The molecule has 1 aliphatic carbocycles. The highest BCUT2D eigenvalue weighted by molar-refractivity contribution is 5.20. The fourth-order valence-electron chi connectivity index (χ4n) is 2.91. The minimum Gasteiger partial charge on any atom is -0.316 e. The molecule has 1 aromatic rings. The van der Waals surface area contributed by atoms with Crippen molar-refractivity contribution in [3.8, 4) is 0 Å². The summed E-state index contributed by atoms with van der Waals surface area (Å²) < 4.78 is 0. The molecule has 0 radical (unpaired) electrons. The first-order valence-electron chi connectivity index (χ1n) is 7.71. The highest BCUT2D eigenvalue weighted by Crippen LogP contribution is 2.24. The molecule has 1 heteroatoms. The van der Waals surface area contributed by atoms with Gasteiger partial charge in [0.2, 0.25) is 0 Å². The van der Waals surface area contributed by atoms with Crippen LogP contribution in [-0.2, 0) is 0 Å².